The molecule has 0 atom stereocenters. The van der Waals surface area contributed by atoms with E-state index in [2.05, 4.69) is 62.3 Å². The zero-order chi connectivity index (χ0) is 17.9. The minimum Gasteiger partial charge on any atom is -0.543 e. The number of hydrogen-bond acceptors (Lipinski definition) is 3. The van der Waals surface area contributed by atoms with Crippen LogP contribution in [0.3, 0.4) is 0 Å². The molecule has 0 saturated heterocycles. The maximum atomic E-state index is 6.35. The number of aliphatic imine (C=N–C) groups is 1. The summed E-state index contributed by atoms with van der Waals surface area (Å²) in [6.45, 7) is 8.68. The molecule has 2 nitrogen and oxygen atoms in total. The van der Waals surface area contributed by atoms with Crippen molar-refractivity contribution in [3.05, 3.63) is 82.0 Å². The van der Waals surface area contributed by atoms with Gasteiger partial charge in [0.2, 0.25) is 8.32 Å². The second-order valence-electron chi connectivity index (χ2n) is 6.94. The number of aryl methyl sites for hydroxylation is 1. The summed E-state index contributed by atoms with van der Waals surface area (Å²) in [5.41, 5.74) is 4.13. The molecule has 0 N–H and O–H groups in total. The number of benzene rings is 2. The Morgan fingerprint density at radius 1 is 0.920 bits per heavy atom. The number of para-hydroxylation sites is 1. The van der Waals surface area contributed by atoms with Crippen molar-refractivity contribution in [3.63, 3.8) is 0 Å². The Hall–Kier alpha value is -2.17. The topological polar surface area (TPSA) is 21.6 Å². The Kier molecular flexibility index (Phi) is 5.21. The lowest BCUT2D eigenvalue weighted by Crippen LogP contribution is -2.29. The van der Waals surface area contributed by atoms with Crippen LogP contribution in [-0.2, 0) is 0 Å². The molecule has 0 fully saturated rings. The number of rotatable bonds is 5. The fraction of sp³-hybridized carbons (Fsp3) is 0.190. The van der Waals surface area contributed by atoms with Crippen molar-refractivity contribution in [2.75, 3.05) is 0 Å². The molecule has 0 spiro atoms. The van der Waals surface area contributed by atoms with Gasteiger partial charge in [0.25, 0.3) is 0 Å². The second-order valence-corrected chi connectivity index (χ2v) is 12.3. The van der Waals surface area contributed by atoms with E-state index in [9.17, 15) is 0 Å². The zero-order valence-corrected chi connectivity index (χ0v) is 16.9. The van der Waals surface area contributed by atoms with Gasteiger partial charge in [-0.25, -0.2) is 4.99 Å². The summed E-state index contributed by atoms with van der Waals surface area (Å²) in [5.74, 6) is 0.909. The van der Waals surface area contributed by atoms with Gasteiger partial charge in [0.15, 0.2) is 0 Å². The molecule has 0 unspecified atom stereocenters. The molecule has 4 heteroatoms. The molecule has 128 valence electrons. The average molecular weight is 366 g/mol. The van der Waals surface area contributed by atoms with E-state index in [-0.39, 0.29) is 0 Å². The van der Waals surface area contributed by atoms with Crippen LogP contribution in [0.4, 0.5) is 5.69 Å². The number of thiophene rings is 1. The largest absolute Gasteiger partial charge is 0.543 e. The van der Waals surface area contributed by atoms with E-state index in [1.54, 1.807) is 11.3 Å². The van der Waals surface area contributed by atoms with E-state index in [0.29, 0.717) is 0 Å². The Labute approximate surface area is 155 Å². The van der Waals surface area contributed by atoms with E-state index >= 15 is 0 Å². The maximum absolute atomic E-state index is 6.35. The third kappa shape index (κ3) is 4.47. The third-order valence-electron chi connectivity index (χ3n) is 3.63. The van der Waals surface area contributed by atoms with Crippen LogP contribution in [0.1, 0.15) is 16.0 Å². The molecule has 25 heavy (non-hydrogen) atoms. The first-order chi connectivity index (χ1) is 11.9. The van der Waals surface area contributed by atoms with Crippen molar-refractivity contribution >= 4 is 31.1 Å². The Balaban J connectivity index is 2.15. The van der Waals surface area contributed by atoms with Gasteiger partial charge in [-0.3, -0.25) is 0 Å². The predicted molar refractivity (Wildman–Crippen MR) is 111 cm³/mol. The lowest BCUT2D eigenvalue weighted by Gasteiger charge is -2.22. The van der Waals surface area contributed by atoms with Crippen LogP contribution in [0.15, 0.2) is 71.0 Å². The highest BCUT2D eigenvalue weighted by Crippen LogP contribution is 2.34. The van der Waals surface area contributed by atoms with E-state index in [0.717, 1.165) is 33.2 Å². The van der Waals surface area contributed by atoms with Crippen LogP contribution in [0.5, 0.6) is 5.75 Å². The van der Waals surface area contributed by atoms with E-state index in [1.807, 2.05) is 30.3 Å². The van der Waals surface area contributed by atoms with Gasteiger partial charge in [-0.05, 0) is 49.6 Å². The lowest BCUT2D eigenvalue weighted by molar-refractivity contribution is 0.554. The van der Waals surface area contributed by atoms with Gasteiger partial charge in [-0.1, -0.05) is 48.5 Å². The van der Waals surface area contributed by atoms with Gasteiger partial charge in [-0.2, -0.15) is 0 Å². The predicted octanol–water partition coefficient (Wildman–Crippen LogP) is 6.44. The average Bonchev–Trinajstić information content (AvgIpc) is 3.09. The first kappa shape index (κ1) is 17.6. The van der Waals surface area contributed by atoms with E-state index in [1.165, 1.54) is 0 Å². The third-order valence-corrected chi connectivity index (χ3v) is 5.33. The van der Waals surface area contributed by atoms with Gasteiger partial charge >= 0.3 is 0 Å². The molecule has 0 radical (unpaired) electrons. The Morgan fingerprint density at radius 2 is 1.68 bits per heavy atom. The molecule has 0 amide bonds. The number of nitrogens with zero attached hydrogens (tertiary/aromatic N) is 1. The fourth-order valence-electron chi connectivity index (χ4n) is 2.56. The monoisotopic (exact) mass is 365 g/mol. The van der Waals surface area contributed by atoms with Gasteiger partial charge in [-0.15, -0.1) is 11.3 Å². The highest BCUT2D eigenvalue weighted by Gasteiger charge is 2.20. The summed E-state index contributed by atoms with van der Waals surface area (Å²) in [6.07, 6.45) is 0. The van der Waals surface area contributed by atoms with Crippen LogP contribution < -0.4 is 4.43 Å². The van der Waals surface area contributed by atoms with Gasteiger partial charge in [0.05, 0.1) is 10.6 Å². The molecule has 0 aliphatic heterocycles. The molecule has 0 bridgehead atoms. The quantitative estimate of drug-likeness (QED) is 0.376. The SMILES string of the molecule is Cc1cccc(N=C(c2ccccc2)c2cccs2)c1O[Si](C)(C)C. The van der Waals surface area contributed by atoms with Crippen LogP contribution in [0.2, 0.25) is 19.6 Å². The molecule has 2 aromatic carbocycles. The number of hydrogen-bond donors (Lipinski definition) is 0. The molecule has 0 aliphatic rings. The smallest absolute Gasteiger partial charge is 0.242 e. The summed E-state index contributed by atoms with van der Waals surface area (Å²) < 4.78 is 6.35. The fourth-order valence-corrected chi connectivity index (χ4v) is 4.17. The van der Waals surface area contributed by atoms with Gasteiger partial charge in [0, 0.05) is 5.56 Å². The van der Waals surface area contributed by atoms with Crippen molar-refractivity contribution in [1.29, 1.82) is 0 Å². The van der Waals surface area contributed by atoms with Crippen molar-refractivity contribution < 1.29 is 4.43 Å². The highest BCUT2D eigenvalue weighted by atomic mass is 32.1. The molecule has 1 heterocycles. The van der Waals surface area contributed by atoms with E-state index < -0.39 is 8.32 Å². The normalized spacial score (nSPS) is 12.2. The molecule has 3 aromatic rings. The first-order valence-corrected chi connectivity index (χ1v) is 12.7. The van der Waals surface area contributed by atoms with Gasteiger partial charge < -0.3 is 4.43 Å². The van der Waals surface area contributed by atoms with Crippen LogP contribution >= 0.6 is 11.3 Å². The summed E-state index contributed by atoms with van der Waals surface area (Å²) in [4.78, 5) is 6.20. The lowest BCUT2D eigenvalue weighted by atomic mass is 10.1. The molecule has 3 rings (SSSR count). The minimum absolute atomic E-state index is 0.898. The second kappa shape index (κ2) is 7.38. The zero-order valence-electron chi connectivity index (χ0n) is 15.1. The minimum atomic E-state index is -1.72. The first-order valence-electron chi connectivity index (χ1n) is 8.41. The Bertz CT molecular complexity index is 865. The Morgan fingerprint density at radius 3 is 2.32 bits per heavy atom. The van der Waals surface area contributed by atoms with Crippen LogP contribution in [0, 0.1) is 6.92 Å². The molecular weight excluding hydrogens is 342 g/mol. The summed E-state index contributed by atoms with van der Waals surface area (Å²) >= 11 is 1.71. The van der Waals surface area contributed by atoms with Crippen LogP contribution in [0.25, 0.3) is 0 Å². The molecule has 0 aliphatic carbocycles. The van der Waals surface area contributed by atoms with Crippen molar-refractivity contribution in [2.45, 2.75) is 26.6 Å². The van der Waals surface area contributed by atoms with Crippen LogP contribution in [-0.4, -0.2) is 14.0 Å². The van der Waals surface area contributed by atoms with Crippen molar-refractivity contribution in [1.82, 2.24) is 0 Å². The maximum Gasteiger partial charge on any atom is 0.242 e. The summed E-state index contributed by atoms with van der Waals surface area (Å²) in [7, 11) is -1.72. The standard InChI is InChI=1S/C21H23NOSSi/c1-16-10-8-13-18(21(16)23-25(2,3)4)22-20(19-14-9-15-24-19)17-11-6-5-7-12-17/h5-15H,1-4H3. The molecule has 0 saturated carbocycles. The van der Waals surface area contributed by atoms with Gasteiger partial charge in [0.1, 0.15) is 11.4 Å². The highest BCUT2D eigenvalue weighted by molar-refractivity contribution is 7.12. The molecular formula is C21H23NOSSi. The van der Waals surface area contributed by atoms with Crippen molar-refractivity contribution in [3.8, 4) is 5.75 Å². The van der Waals surface area contributed by atoms with E-state index in [4.69, 9.17) is 9.42 Å². The van der Waals surface area contributed by atoms with Crippen molar-refractivity contribution in [2.24, 2.45) is 4.99 Å². The summed E-state index contributed by atoms with van der Waals surface area (Å²) in [6, 6.07) is 20.7. The molecule has 1 aromatic heterocycles. The summed E-state index contributed by atoms with van der Waals surface area (Å²) in [5, 5.41) is 2.09.